The first-order valence-corrected chi connectivity index (χ1v) is 10.2. The van der Waals surface area contributed by atoms with Gasteiger partial charge in [0.05, 0.1) is 25.9 Å². The average molecular weight is 409 g/mol. The van der Waals surface area contributed by atoms with Crippen molar-refractivity contribution in [3.8, 4) is 0 Å². The summed E-state index contributed by atoms with van der Waals surface area (Å²) in [7, 11) is 0. The second kappa shape index (κ2) is 11.5. The lowest BCUT2D eigenvalue weighted by Gasteiger charge is -2.26. The highest BCUT2D eigenvalue weighted by molar-refractivity contribution is 5.20. The van der Waals surface area contributed by atoms with Crippen molar-refractivity contribution in [1.82, 2.24) is 9.47 Å². The third kappa shape index (κ3) is 6.66. The van der Waals surface area contributed by atoms with Gasteiger partial charge in [-0.3, -0.25) is 4.90 Å². The summed E-state index contributed by atoms with van der Waals surface area (Å²) in [6, 6.07) is 21.0. The number of aromatic nitrogens is 1. The van der Waals surface area contributed by atoms with Crippen LogP contribution in [0.25, 0.3) is 0 Å². The van der Waals surface area contributed by atoms with Crippen LogP contribution in [0.5, 0.6) is 0 Å². The standard InChI is InChI=1S/C25H29FN2O2/c1-2-15-30-20-24(29)19-27(16-21-9-4-3-5-10-21)18-23-12-8-14-28(23)17-22-11-6-7-13-25(22)26/h2-14,24,29H,1,15-20H2. The van der Waals surface area contributed by atoms with Crippen LogP contribution in [0.4, 0.5) is 4.39 Å². The summed E-state index contributed by atoms with van der Waals surface area (Å²) in [5.41, 5.74) is 2.89. The van der Waals surface area contributed by atoms with Crippen molar-refractivity contribution in [3.63, 3.8) is 0 Å². The van der Waals surface area contributed by atoms with Gasteiger partial charge in [-0.25, -0.2) is 4.39 Å². The number of aliphatic hydroxyl groups excluding tert-OH is 1. The highest BCUT2D eigenvalue weighted by atomic mass is 19.1. The Morgan fingerprint density at radius 1 is 1.03 bits per heavy atom. The van der Waals surface area contributed by atoms with Gasteiger partial charge in [-0.05, 0) is 23.8 Å². The van der Waals surface area contributed by atoms with Gasteiger partial charge in [0.25, 0.3) is 0 Å². The molecular formula is C25H29FN2O2. The maximum atomic E-state index is 14.1. The summed E-state index contributed by atoms with van der Waals surface area (Å²) in [6.45, 7) is 6.58. The molecule has 158 valence electrons. The summed E-state index contributed by atoms with van der Waals surface area (Å²) in [4.78, 5) is 2.18. The van der Waals surface area contributed by atoms with E-state index in [4.69, 9.17) is 4.74 Å². The first kappa shape index (κ1) is 22.0. The molecule has 1 unspecified atom stereocenters. The lowest BCUT2D eigenvalue weighted by atomic mass is 10.2. The molecule has 3 aromatic rings. The Hall–Kier alpha value is -2.73. The molecule has 0 amide bonds. The largest absolute Gasteiger partial charge is 0.389 e. The van der Waals surface area contributed by atoms with E-state index in [1.807, 2.05) is 48.7 Å². The summed E-state index contributed by atoms with van der Waals surface area (Å²) in [5.74, 6) is -0.201. The van der Waals surface area contributed by atoms with Gasteiger partial charge in [-0.15, -0.1) is 6.58 Å². The van der Waals surface area contributed by atoms with E-state index in [0.717, 1.165) is 5.69 Å². The molecule has 0 fully saturated rings. The van der Waals surface area contributed by atoms with Crippen molar-refractivity contribution >= 4 is 0 Å². The van der Waals surface area contributed by atoms with E-state index in [9.17, 15) is 9.50 Å². The first-order valence-electron chi connectivity index (χ1n) is 10.2. The number of nitrogens with zero attached hydrogens (tertiary/aromatic N) is 2. The molecule has 0 saturated heterocycles. The molecule has 1 N–H and O–H groups in total. The number of aliphatic hydroxyl groups is 1. The van der Waals surface area contributed by atoms with Gasteiger partial charge in [0, 0.05) is 37.1 Å². The molecule has 0 aliphatic carbocycles. The van der Waals surface area contributed by atoms with Gasteiger partial charge in [0.2, 0.25) is 0 Å². The summed E-state index contributed by atoms with van der Waals surface area (Å²) >= 11 is 0. The fraction of sp³-hybridized carbons (Fsp3) is 0.280. The van der Waals surface area contributed by atoms with Gasteiger partial charge in [-0.1, -0.05) is 54.6 Å². The summed E-state index contributed by atoms with van der Waals surface area (Å²) in [5, 5.41) is 10.4. The topological polar surface area (TPSA) is 37.6 Å². The number of rotatable bonds is 12. The molecule has 2 aromatic carbocycles. The van der Waals surface area contributed by atoms with Crippen LogP contribution in [0.1, 0.15) is 16.8 Å². The van der Waals surface area contributed by atoms with Gasteiger partial charge in [0.15, 0.2) is 0 Å². The van der Waals surface area contributed by atoms with E-state index in [0.29, 0.717) is 38.3 Å². The van der Waals surface area contributed by atoms with E-state index in [2.05, 4.69) is 28.2 Å². The maximum absolute atomic E-state index is 14.1. The minimum atomic E-state index is -0.608. The second-order valence-electron chi connectivity index (χ2n) is 7.35. The van der Waals surface area contributed by atoms with Crippen LogP contribution in [0.2, 0.25) is 0 Å². The molecule has 4 nitrogen and oxygen atoms in total. The summed E-state index contributed by atoms with van der Waals surface area (Å²) < 4.78 is 21.6. The zero-order valence-electron chi connectivity index (χ0n) is 17.2. The zero-order valence-corrected chi connectivity index (χ0v) is 17.2. The summed E-state index contributed by atoms with van der Waals surface area (Å²) in [6.07, 6.45) is 3.03. The van der Waals surface area contributed by atoms with E-state index < -0.39 is 6.10 Å². The molecule has 0 bridgehead atoms. The van der Waals surface area contributed by atoms with Crippen LogP contribution >= 0.6 is 0 Å². The van der Waals surface area contributed by atoms with Crippen LogP contribution in [0.15, 0.2) is 85.6 Å². The Labute approximate surface area is 177 Å². The van der Waals surface area contributed by atoms with E-state index >= 15 is 0 Å². The number of hydrogen-bond donors (Lipinski definition) is 1. The molecule has 5 heteroatoms. The maximum Gasteiger partial charge on any atom is 0.128 e. The molecule has 0 aliphatic rings. The van der Waals surface area contributed by atoms with Crippen molar-refractivity contribution in [3.05, 3.63) is 108 Å². The molecule has 1 aromatic heterocycles. The Morgan fingerprint density at radius 2 is 1.80 bits per heavy atom. The molecule has 0 radical (unpaired) electrons. The third-order valence-corrected chi connectivity index (χ3v) is 4.87. The molecule has 1 atom stereocenters. The Morgan fingerprint density at radius 3 is 2.57 bits per heavy atom. The van der Waals surface area contributed by atoms with Crippen molar-refractivity contribution in [2.45, 2.75) is 25.7 Å². The molecule has 3 rings (SSSR count). The van der Waals surface area contributed by atoms with Crippen molar-refractivity contribution in [2.24, 2.45) is 0 Å². The normalized spacial score (nSPS) is 12.2. The lowest BCUT2D eigenvalue weighted by molar-refractivity contribution is 0.0224. The minimum absolute atomic E-state index is 0.201. The van der Waals surface area contributed by atoms with Crippen LogP contribution in [0, 0.1) is 5.82 Å². The van der Waals surface area contributed by atoms with E-state index in [1.54, 1.807) is 12.1 Å². The SMILES string of the molecule is C=CCOCC(O)CN(Cc1ccccc1)Cc1cccn1Cc1ccccc1F. The van der Waals surface area contributed by atoms with Crippen LogP contribution < -0.4 is 0 Å². The Kier molecular flexibility index (Phi) is 8.39. The smallest absolute Gasteiger partial charge is 0.128 e. The van der Waals surface area contributed by atoms with Gasteiger partial charge < -0.3 is 14.4 Å². The predicted molar refractivity (Wildman–Crippen MR) is 118 cm³/mol. The van der Waals surface area contributed by atoms with Crippen LogP contribution in [0.3, 0.4) is 0 Å². The van der Waals surface area contributed by atoms with Crippen LogP contribution in [-0.2, 0) is 24.4 Å². The zero-order chi connectivity index (χ0) is 21.2. The highest BCUT2D eigenvalue weighted by Crippen LogP contribution is 2.15. The molecule has 30 heavy (non-hydrogen) atoms. The third-order valence-electron chi connectivity index (χ3n) is 4.87. The average Bonchev–Trinajstić information content (AvgIpc) is 3.17. The number of hydrogen-bond acceptors (Lipinski definition) is 3. The fourth-order valence-corrected chi connectivity index (χ4v) is 3.45. The molecular weight excluding hydrogens is 379 g/mol. The molecule has 0 aliphatic heterocycles. The fourth-order valence-electron chi connectivity index (χ4n) is 3.45. The number of ether oxygens (including phenoxy) is 1. The number of benzene rings is 2. The van der Waals surface area contributed by atoms with E-state index in [-0.39, 0.29) is 12.4 Å². The van der Waals surface area contributed by atoms with Gasteiger partial charge in [0.1, 0.15) is 5.82 Å². The monoisotopic (exact) mass is 408 g/mol. The van der Waals surface area contributed by atoms with Crippen molar-refractivity contribution in [2.75, 3.05) is 19.8 Å². The molecule has 0 saturated carbocycles. The highest BCUT2D eigenvalue weighted by Gasteiger charge is 2.15. The number of halogens is 1. The quantitative estimate of drug-likeness (QED) is 0.360. The lowest BCUT2D eigenvalue weighted by Crippen LogP contribution is -2.35. The first-order chi connectivity index (χ1) is 14.7. The van der Waals surface area contributed by atoms with Crippen molar-refractivity contribution in [1.29, 1.82) is 0 Å². The molecule has 0 spiro atoms. The van der Waals surface area contributed by atoms with Gasteiger partial charge in [-0.2, -0.15) is 0 Å². The van der Waals surface area contributed by atoms with Crippen LogP contribution in [-0.4, -0.2) is 40.4 Å². The second-order valence-corrected chi connectivity index (χ2v) is 7.35. The Bertz CT molecular complexity index is 910. The Balaban J connectivity index is 1.71. The van der Waals surface area contributed by atoms with Gasteiger partial charge >= 0.3 is 0 Å². The van der Waals surface area contributed by atoms with Crippen molar-refractivity contribution < 1.29 is 14.2 Å². The predicted octanol–water partition coefficient (Wildman–Crippen LogP) is 4.24. The molecule has 1 heterocycles. The van der Waals surface area contributed by atoms with E-state index in [1.165, 1.54) is 11.6 Å². The minimum Gasteiger partial charge on any atom is -0.389 e.